The highest BCUT2D eigenvalue weighted by Crippen LogP contribution is 2.30. The molecule has 3 aromatic rings. The summed E-state index contributed by atoms with van der Waals surface area (Å²) in [5.41, 5.74) is 2.22. The lowest BCUT2D eigenvalue weighted by atomic mass is 10.2. The third kappa shape index (κ3) is 3.23. The second-order valence-electron chi connectivity index (χ2n) is 5.61. The van der Waals surface area contributed by atoms with Crippen LogP contribution in [0.2, 0.25) is 0 Å². The molecule has 0 saturated heterocycles. The molecular formula is C19H17ClN2O4. The highest BCUT2D eigenvalue weighted by atomic mass is 35.5. The molecule has 0 aliphatic heterocycles. The van der Waals surface area contributed by atoms with Gasteiger partial charge in [-0.15, -0.1) is 0 Å². The molecule has 6 nitrogen and oxygen atoms in total. The largest absolute Gasteiger partial charge is 0.504 e. The van der Waals surface area contributed by atoms with Crippen molar-refractivity contribution in [1.82, 2.24) is 9.55 Å². The summed E-state index contributed by atoms with van der Waals surface area (Å²) in [7, 11) is 1.48. The number of carboxylic acid groups (broad SMARTS) is 1. The van der Waals surface area contributed by atoms with E-state index in [0.717, 1.165) is 5.52 Å². The number of rotatable bonds is 5. The van der Waals surface area contributed by atoms with E-state index in [-0.39, 0.29) is 11.3 Å². The summed E-state index contributed by atoms with van der Waals surface area (Å²) in [6.07, 6.45) is 1.69. The molecule has 0 bridgehead atoms. The van der Waals surface area contributed by atoms with Crippen molar-refractivity contribution in [3.05, 3.63) is 53.3 Å². The van der Waals surface area contributed by atoms with Crippen LogP contribution >= 0.6 is 11.6 Å². The van der Waals surface area contributed by atoms with Gasteiger partial charge in [-0.3, -0.25) is 0 Å². The fourth-order valence-corrected chi connectivity index (χ4v) is 3.04. The average Bonchev–Trinajstić information content (AvgIpc) is 2.99. The van der Waals surface area contributed by atoms with Crippen LogP contribution in [0.15, 0.2) is 36.4 Å². The summed E-state index contributed by atoms with van der Waals surface area (Å²) in [6, 6.07) is 9.75. The Hall–Kier alpha value is -2.99. The van der Waals surface area contributed by atoms with Gasteiger partial charge in [0.1, 0.15) is 0 Å². The number of carboxylic acids is 1. The maximum Gasteiger partial charge on any atom is 0.335 e. The molecule has 1 heterocycles. The van der Waals surface area contributed by atoms with Gasteiger partial charge in [-0.1, -0.05) is 17.7 Å². The van der Waals surface area contributed by atoms with Crippen molar-refractivity contribution in [2.24, 2.45) is 0 Å². The first-order valence-electron chi connectivity index (χ1n) is 7.92. The van der Waals surface area contributed by atoms with Gasteiger partial charge in [0.25, 0.3) is 0 Å². The van der Waals surface area contributed by atoms with Crippen LogP contribution < -0.4 is 4.74 Å². The fraction of sp³-hybridized carbons (Fsp3) is 0.158. The highest BCUT2D eigenvalue weighted by molar-refractivity contribution is 6.50. The Balaban J connectivity index is 2.08. The zero-order chi connectivity index (χ0) is 18.8. The Morgan fingerprint density at radius 1 is 1.31 bits per heavy atom. The molecule has 0 amide bonds. The summed E-state index contributed by atoms with van der Waals surface area (Å²) in [5, 5.41) is 19.4. The predicted octanol–water partition coefficient (Wildman–Crippen LogP) is 4.21. The maximum absolute atomic E-state index is 11.2. The quantitative estimate of drug-likeness (QED) is 0.701. The molecule has 26 heavy (non-hydrogen) atoms. The van der Waals surface area contributed by atoms with E-state index < -0.39 is 5.97 Å². The van der Waals surface area contributed by atoms with Crippen molar-refractivity contribution >= 4 is 39.7 Å². The van der Waals surface area contributed by atoms with E-state index in [2.05, 4.69) is 4.98 Å². The molecule has 0 saturated carbocycles. The fourth-order valence-electron chi connectivity index (χ4n) is 2.77. The summed E-state index contributed by atoms with van der Waals surface area (Å²) >= 11 is 6.47. The summed E-state index contributed by atoms with van der Waals surface area (Å²) < 4.78 is 6.93. The maximum atomic E-state index is 11.2. The minimum atomic E-state index is -1.00. The van der Waals surface area contributed by atoms with Crippen molar-refractivity contribution in [3.63, 3.8) is 0 Å². The number of aromatic hydroxyl groups is 1. The number of carbonyl (C=O) groups is 1. The van der Waals surface area contributed by atoms with Crippen molar-refractivity contribution in [3.8, 4) is 11.5 Å². The number of aromatic carboxylic acids is 1. The Morgan fingerprint density at radius 2 is 2.08 bits per heavy atom. The lowest BCUT2D eigenvalue weighted by molar-refractivity contribution is 0.0697. The van der Waals surface area contributed by atoms with Crippen LogP contribution in [0.25, 0.3) is 22.1 Å². The minimum absolute atomic E-state index is 0.0146. The van der Waals surface area contributed by atoms with Gasteiger partial charge in [0.15, 0.2) is 17.3 Å². The number of fused-ring (bicyclic) bond motifs is 1. The number of ether oxygens (including phenoxy) is 1. The number of phenols is 1. The van der Waals surface area contributed by atoms with Crippen molar-refractivity contribution in [1.29, 1.82) is 0 Å². The van der Waals surface area contributed by atoms with Gasteiger partial charge in [0.2, 0.25) is 0 Å². The smallest absolute Gasteiger partial charge is 0.335 e. The van der Waals surface area contributed by atoms with Gasteiger partial charge in [0.05, 0.1) is 28.7 Å². The first-order chi connectivity index (χ1) is 12.4. The minimum Gasteiger partial charge on any atom is -0.504 e. The number of methoxy groups -OCH3 is 1. The lowest BCUT2D eigenvalue weighted by Gasteiger charge is -2.06. The molecule has 0 aliphatic rings. The number of aryl methyl sites for hydroxylation is 1. The molecule has 7 heteroatoms. The van der Waals surface area contributed by atoms with E-state index in [0.29, 0.717) is 34.2 Å². The Bertz CT molecular complexity index is 1020. The van der Waals surface area contributed by atoms with Gasteiger partial charge in [0, 0.05) is 6.54 Å². The van der Waals surface area contributed by atoms with Gasteiger partial charge < -0.3 is 19.5 Å². The third-order valence-corrected chi connectivity index (χ3v) is 4.30. The molecule has 0 unspecified atom stereocenters. The zero-order valence-electron chi connectivity index (χ0n) is 14.2. The lowest BCUT2D eigenvalue weighted by Crippen LogP contribution is -1.99. The summed E-state index contributed by atoms with van der Waals surface area (Å²) in [4.78, 5) is 15.7. The number of halogens is 1. The van der Waals surface area contributed by atoms with E-state index in [1.54, 1.807) is 36.4 Å². The number of hydrogen-bond acceptors (Lipinski definition) is 4. The summed E-state index contributed by atoms with van der Waals surface area (Å²) in [5.74, 6) is -0.0852. The van der Waals surface area contributed by atoms with E-state index >= 15 is 0 Å². The molecule has 3 rings (SSSR count). The first-order valence-corrected chi connectivity index (χ1v) is 8.30. The van der Waals surface area contributed by atoms with Crippen LogP contribution in [0.3, 0.4) is 0 Å². The zero-order valence-corrected chi connectivity index (χ0v) is 15.0. The molecule has 0 atom stereocenters. The summed E-state index contributed by atoms with van der Waals surface area (Å²) in [6.45, 7) is 2.58. The van der Waals surface area contributed by atoms with Crippen molar-refractivity contribution < 1.29 is 19.7 Å². The first kappa shape index (κ1) is 17.8. The number of nitrogens with zero attached hydrogens (tertiary/aromatic N) is 2. The second kappa shape index (κ2) is 7.09. The number of aromatic nitrogens is 2. The Labute approximate surface area is 154 Å². The van der Waals surface area contributed by atoms with Crippen LogP contribution in [0, 0.1) is 0 Å². The van der Waals surface area contributed by atoms with E-state index in [1.165, 1.54) is 13.2 Å². The number of imidazole rings is 1. The molecule has 0 radical (unpaired) electrons. The molecule has 0 spiro atoms. The topological polar surface area (TPSA) is 84.6 Å². The predicted molar refractivity (Wildman–Crippen MR) is 101 cm³/mol. The third-order valence-electron chi connectivity index (χ3n) is 4.02. The molecule has 0 aliphatic carbocycles. The van der Waals surface area contributed by atoms with Gasteiger partial charge in [-0.05, 0) is 48.9 Å². The van der Waals surface area contributed by atoms with Crippen LogP contribution in [0.5, 0.6) is 11.5 Å². The number of phenolic OH excluding ortho intramolecular Hbond substituents is 1. The number of benzene rings is 2. The second-order valence-corrected chi connectivity index (χ2v) is 6.02. The van der Waals surface area contributed by atoms with Crippen molar-refractivity contribution in [2.75, 3.05) is 7.11 Å². The standard InChI is InChI=1S/C19H17ClN2O4/c1-3-22-15-6-5-12(19(24)25)10-14(15)21-18(22)13(20)8-11-4-7-17(26-2)16(23)9-11/h4-10,23H,3H2,1-2H3,(H,24,25). The van der Waals surface area contributed by atoms with Gasteiger partial charge >= 0.3 is 5.97 Å². The normalized spacial score (nSPS) is 11.7. The molecule has 134 valence electrons. The van der Waals surface area contributed by atoms with E-state index in [1.807, 2.05) is 11.5 Å². The SMILES string of the molecule is CCn1c(C(Cl)=Cc2ccc(OC)c(O)c2)nc2cc(C(=O)O)ccc21. The monoisotopic (exact) mass is 372 g/mol. The van der Waals surface area contributed by atoms with Crippen LogP contribution in [0.4, 0.5) is 0 Å². The molecule has 0 fully saturated rings. The highest BCUT2D eigenvalue weighted by Gasteiger charge is 2.15. The molecule has 2 N–H and O–H groups in total. The van der Waals surface area contributed by atoms with Crippen LogP contribution in [0.1, 0.15) is 28.7 Å². The Kier molecular flexibility index (Phi) is 4.86. The molecule has 2 aromatic carbocycles. The van der Waals surface area contributed by atoms with E-state index in [4.69, 9.17) is 21.4 Å². The van der Waals surface area contributed by atoms with Crippen molar-refractivity contribution in [2.45, 2.75) is 13.5 Å². The Morgan fingerprint density at radius 3 is 2.69 bits per heavy atom. The van der Waals surface area contributed by atoms with Crippen LogP contribution in [-0.2, 0) is 6.54 Å². The molecular weight excluding hydrogens is 356 g/mol. The average molecular weight is 373 g/mol. The van der Waals surface area contributed by atoms with Crippen LogP contribution in [-0.4, -0.2) is 32.8 Å². The van der Waals surface area contributed by atoms with E-state index in [9.17, 15) is 9.90 Å². The molecule has 1 aromatic heterocycles. The number of hydrogen-bond donors (Lipinski definition) is 2. The van der Waals surface area contributed by atoms with Gasteiger partial charge in [-0.25, -0.2) is 9.78 Å². The van der Waals surface area contributed by atoms with Gasteiger partial charge in [-0.2, -0.15) is 0 Å².